The molecule has 1 aliphatic rings. The highest BCUT2D eigenvalue weighted by molar-refractivity contribution is 5.86. The number of aryl methyl sites for hydroxylation is 2. The van der Waals surface area contributed by atoms with Gasteiger partial charge >= 0.3 is 0 Å². The monoisotopic (exact) mass is 312 g/mol. The van der Waals surface area contributed by atoms with Gasteiger partial charge in [0.15, 0.2) is 5.65 Å². The highest BCUT2D eigenvalue weighted by atomic mass is 15.3. The van der Waals surface area contributed by atoms with Crippen molar-refractivity contribution >= 4 is 16.9 Å². The second kappa shape index (κ2) is 5.29. The number of nitrogens with zero attached hydrogens (tertiary/aromatic N) is 7. The van der Waals surface area contributed by atoms with E-state index < -0.39 is 0 Å². The van der Waals surface area contributed by atoms with E-state index in [1.807, 2.05) is 13.2 Å². The molecule has 0 aromatic carbocycles. The van der Waals surface area contributed by atoms with Gasteiger partial charge in [0.25, 0.3) is 0 Å². The largest absolute Gasteiger partial charge is 0.365 e. The topological polar surface area (TPSA) is 86.3 Å². The Morgan fingerprint density at radius 2 is 2.13 bits per heavy atom. The van der Waals surface area contributed by atoms with Crippen molar-refractivity contribution in [3.8, 4) is 0 Å². The first-order chi connectivity index (χ1) is 11.1. The van der Waals surface area contributed by atoms with Gasteiger partial charge in [0.2, 0.25) is 0 Å². The maximum Gasteiger partial charge on any atom is 0.163 e. The number of fused-ring (bicyclic) bond motifs is 2. The summed E-state index contributed by atoms with van der Waals surface area (Å²) < 4.78 is 4.01. The average molecular weight is 312 g/mol. The van der Waals surface area contributed by atoms with Crippen LogP contribution < -0.4 is 5.32 Å². The first-order valence-corrected chi connectivity index (χ1v) is 7.94. The Hall–Kier alpha value is -2.51. The van der Waals surface area contributed by atoms with Gasteiger partial charge in [-0.15, -0.1) is 10.2 Å². The Morgan fingerprint density at radius 1 is 1.26 bits per heavy atom. The lowest BCUT2D eigenvalue weighted by Crippen LogP contribution is -2.32. The molecule has 0 fully saturated rings. The maximum atomic E-state index is 4.40. The molecule has 23 heavy (non-hydrogen) atoms. The maximum absolute atomic E-state index is 4.40. The van der Waals surface area contributed by atoms with Crippen molar-refractivity contribution in [2.45, 2.75) is 45.2 Å². The van der Waals surface area contributed by atoms with Crippen LogP contribution in [0.5, 0.6) is 0 Å². The van der Waals surface area contributed by atoms with Gasteiger partial charge in [-0.25, -0.2) is 9.97 Å². The lowest BCUT2D eigenvalue weighted by Gasteiger charge is -2.26. The van der Waals surface area contributed by atoms with Crippen molar-refractivity contribution in [1.82, 2.24) is 34.5 Å². The summed E-state index contributed by atoms with van der Waals surface area (Å²) in [6.07, 6.45) is 5.34. The van der Waals surface area contributed by atoms with Crippen molar-refractivity contribution in [2.24, 2.45) is 7.05 Å². The molecule has 8 nitrogen and oxygen atoms in total. The van der Waals surface area contributed by atoms with E-state index in [0.717, 1.165) is 47.9 Å². The summed E-state index contributed by atoms with van der Waals surface area (Å²) in [5.74, 6) is 3.36. The number of nitrogens with one attached hydrogen (secondary N) is 1. The predicted octanol–water partition coefficient (Wildman–Crippen LogP) is 1.51. The van der Waals surface area contributed by atoms with Gasteiger partial charge in [0.05, 0.1) is 11.6 Å². The fraction of sp³-hybridized carbons (Fsp3) is 0.533. The predicted molar refractivity (Wildman–Crippen MR) is 86.1 cm³/mol. The lowest BCUT2D eigenvalue weighted by molar-refractivity contribution is 0.459. The van der Waals surface area contributed by atoms with Gasteiger partial charge in [-0.1, -0.05) is 13.8 Å². The minimum Gasteiger partial charge on any atom is -0.365 e. The van der Waals surface area contributed by atoms with Gasteiger partial charge in [0, 0.05) is 32.0 Å². The molecule has 0 amide bonds. The number of hydrogen-bond acceptors (Lipinski definition) is 6. The Bertz CT molecular complexity index is 846. The van der Waals surface area contributed by atoms with Crippen LogP contribution in [-0.4, -0.2) is 40.6 Å². The molecule has 1 atom stereocenters. The molecule has 3 aromatic heterocycles. The number of rotatable bonds is 3. The van der Waals surface area contributed by atoms with E-state index in [1.165, 1.54) is 0 Å². The van der Waals surface area contributed by atoms with Crippen LogP contribution >= 0.6 is 0 Å². The Labute approximate surface area is 134 Å². The van der Waals surface area contributed by atoms with E-state index in [1.54, 1.807) is 11.0 Å². The minimum absolute atomic E-state index is 0.300. The molecule has 0 saturated carbocycles. The first kappa shape index (κ1) is 14.1. The molecule has 0 spiro atoms. The molecule has 0 saturated heterocycles. The SMILES string of the molecule is CC(C)c1nnc2n1C[C@@H](Nc1ncnc3c1cnn3C)CC2. The van der Waals surface area contributed by atoms with Crippen molar-refractivity contribution in [3.63, 3.8) is 0 Å². The fourth-order valence-electron chi connectivity index (χ4n) is 3.16. The van der Waals surface area contributed by atoms with Gasteiger partial charge in [-0.2, -0.15) is 5.10 Å². The molecule has 0 aliphatic carbocycles. The average Bonchev–Trinajstić information content (AvgIpc) is 3.12. The number of aromatic nitrogens is 7. The zero-order valence-corrected chi connectivity index (χ0v) is 13.6. The summed E-state index contributed by atoms with van der Waals surface area (Å²) >= 11 is 0. The molecular formula is C15H20N8. The normalized spacial score (nSPS) is 17.7. The molecule has 0 unspecified atom stereocenters. The molecule has 8 heteroatoms. The van der Waals surface area contributed by atoms with Gasteiger partial charge in [-0.05, 0) is 6.42 Å². The Kier molecular flexibility index (Phi) is 3.24. The summed E-state index contributed by atoms with van der Waals surface area (Å²) in [4.78, 5) is 8.68. The van der Waals surface area contributed by atoms with E-state index in [9.17, 15) is 0 Å². The van der Waals surface area contributed by atoms with E-state index in [0.29, 0.717) is 12.0 Å². The molecular weight excluding hydrogens is 292 g/mol. The van der Waals surface area contributed by atoms with Crippen LogP contribution in [0.4, 0.5) is 5.82 Å². The van der Waals surface area contributed by atoms with Crippen LogP contribution in [-0.2, 0) is 20.0 Å². The van der Waals surface area contributed by atoms with Crippen LogP contribution in [0.15, 0.2) is 12.5 Å². The Balaban J connectivity index is 1.61. The van der Waals surface area contributed by atoms with Crippen LogP contribution in [0.25, 0.3) is 11.0 Å². The molecule has 4 rings (SSSR count). The Morgan fingerprint density at radius 3 is 2.96 bits per heavy atom. The summed E-state index contributed by atoms with van der Waals surface area (Å²) in [5.41, 5.74) is 0.839. The fourth-order valence-corrected chi connectivity index (χ4v) is 3.16. The van der Waals surface area contributed by atoms with Gasteiger partial charge in [0.1, 0.15) is 23.8 Å². The van der Waals surface area contributed by atoms with Gasteiger partial charge in [-0.3, -0.25) is 4.68 Å². The first-order valence-electron chi connectivity index (χ1n) is 7.94. The molecule has 3 aromatic rings. The number of hydrogen-bond donors (Lipinski definition) is 1. The van der Waals surface area contributed by atoms with E-state index in [2.05, 4.69) is 49.0 Å². The molecule has 1 N–H and O–H groups in total. The van der Waals surface area contributed by atoms with Crippen molar-refractivity contribution < 1.29 is 0 Å². The summed E-state index contributed by atoms with van der Waals surface area (Å²) in [6.45, 7) is 5.16. The van der Waals surface area contributed by atoms with E-state index >= 15 is 0 Å². The molecule has 0 bridgehead atoms. The molecule has 4 heterocycles. The van der Waals surface area contributed by atoms with Crippen LogP contribution in [0, 0.1) is 0 Å². The zero-order chi connectivity index (χ0) is 16.0. The smallest absolute Gasteiger partial charge is 0.163 e. The van der Waals surface area contributed by atoms with Crippen LogP contribution in [0.2, 0.25) is 0 Å². The zero-order valence-electron chi connectivity index (χ0n) is 13.6. The third kappa shape index (κ3) is 2.34. The second-order valence-corrected chi connectivity index (χ2v) is 6.35. The molecule has 0 radical (unpaired) electrons. The van der Waals surface area contributed by atoms with E-state index in [4.69, 9.17) is 0 Å². The second-order valence-electron chi connectivity index (χ2n) is 6.35. The lowest BCUT2D eigenvalue weighted by atomic mass is 10.1. The summed E-state index contributed by atoms with van der Waals surface area (Å²) in [6, 6.07) is 0.300. The summed E-state index contributed by atoms with van der Waals surface area (Å²) in [5, 5.41) is 17.4. The molecule has 1 aliphatic heterocycles. The third-order valence-corrected chi connectivity index (χ3v) is 4.36. The third-order valence-electron chi connectivity index (χ3n) is 4.36. The minimum atomic E-state index is 0.300. The molecule has 120 valence electrons. The highest BCUT2D eigenvalue weighted by Crippen LogP contribution is 2.24. The highest BCUT2D eigenvalue weighted by Gasteiger charge is 2.24. The summed E-state index contributed by atoms with van der Waals surface area (Å²) in [7, 11) is 1.89. The quantitative estimate of drug-likeness (QED) is 0.789. The standard InChI is InChI=1S/C15H20N8/c1-9(2)14-21-20-12-5-4-10(7-23(12)14)19-13-11-6-18-22(3)15(11)17-8-16-13/h6,8-10H,4-5,7H2,1-3H3,(H,16,17,19)/t10-/m0/s1. The number of anilines is 1. The van der Waals surface area contributed by atoms with Crippen LogP contribution in [0.1, 0.15) is 37.8 Å². The van der Waals surface area contributed by atoms with Crippen LogP contribution in [0.3, 0.4) is 0 Å². The van der Waals surface area contributed by atoms with E-state index in [-0.39, 0.29) is 0 Å². The van der Waals surface area contributed by atoms with Crippen molar-refractivity contribution in [3.05, 3.63) is 24.2 Å². The van der Waals surface area contributed by atoms with Crippen molar-refractivity contribution in [2.75, 3.05) is 5.32 Å². The van der Waals surface area contributed by atoms with Gasteiger partial charge < -0.3 is 9.88 Å². The van der Waals surface area contributed by atoms with Crippen molar-refractivity contribution in [1.29, 1.82) is 0 Å².